The number of nitrogens with one attached hydrogen (secondary N) is 1. The number of amides is 1. The van der Waals surface area contributed by atoms with Crippen LogP contribution in [0.2, 0.25) is 0 Å². The molecule has 1 aromatic carbocycles. The van der Waals surface area contributed by atoms with E-state index in [0.717, 1.165) is 11.4 Å². The van der Waals surface area contributed by atoms with Crippen LogP contribution in [0.25, 0.3) is 5.69 Å². The molecule has 25 heavy (non-hydrogen) atoms. The highest BCUT2D eigenvalue weighted by atomic mass is 16.5. The molecular weight excluding hydrogens is 318 g/mol. The number of rotatable bonds is 6. The Labute approximate surface area is 146 Å². The minimum atomic E-state index is -0.190. The smallest absolute Gasteiger partial charge is 0.258 e. The number of aromatic nitrogens is 4. The van der Waals surface area contributed by atoms with Gasteiger partial charge in [0.15, 0.2) is 0 Å². The number of methoxy groups -OCH3 is 1. The number of hydrogen-bond acceptors (Lipinski definition) is 4. The van der Waals surface area contributed by atoms with Crippen molar-refractivity contribution in [3.05, 3.63) is 59.5 Å². The Morgan fingerprint density at radius 1 is 1.20 bits per heavy atom. The minimum Gasteiger partial charge on any atom is -0.481 e. The van der Waals surface area contributed by atoms with E-state index in [4.69, 9.17) is 4.74 Å². The topological polar surface area (TPSA) is 74.0 Å². The summed E-state index contributed by atoms with van der Waals surface area (Å²) in [5.74, 6) is 0.272. The largest absolute Gasteiger partial charge is 0.481 e. The molecule has 3 aromatic rings. The molecule has 0 unspecified atom stereocenters. The predicted octanol–water partition coefficient (Wildman–Crippen LogP) is 1.90. The second kappa shape index (κ2) is 7.21. The Morgan fingerprint density at radius 2 is 1.96 bits per heavy atom. The fourth-order valence-electron chi connectivity index (χ4n) is 2.74. The summed E-state index contributed by atoms with van der Waals surface area (Å²) in [7, 11) is 3.28. The molecule has 0 saturated carbocycles. The zero-order chi connectivity index (χ0) is 17.8. The SMILES string of the molecule is COc1c(C(=O)NCCc2ccn(-c3ccccc3)n2)c(C)nn1C. The first-order valence-corrected chi connectivity index (χ1v) is 8.06. The summed E-state index contributed by atoms with van der Waals surface area (Å²) in [6, 6.07) is 11.9. The maximum atomic E-state index is 12.4. The summed E-state index contributed by atoms with van der Waals surface area (Å²) < 4.78 is 8.65. The highest BCUT2D eigenvalue weighted by molar-refractivity contribution is 5.97. The van der Waals surface area contributed by atoms with Crippen LogP contribution in [0.5, 0.6) is 5.88 Å². The first kappa shape index (κ1) is 16.8. The molecule has 3 rings (SSSR count). The van der Waals surface area contributed by atoms with Crippen LogP contribution in [0.1, 0.15) is 21.7 Å². The number of aryl methyl sites for hydroxylation is 2. The average Bonchev–Trinajstić information content (AvgIpc) is 3.19. The molecule has 0 atom stereocenters. The molecule has 0 fully saturated rings. The van der Waals surface area contributed by atoms with E-state index in [1.807, 2.05) is 47.3 Å². The molecule has 0 spiro atoms. The lowest BCUT2D eigenvalue weighted by molar-refractivity contribution is 0.0950. The quantitative estimate of drug-likeness (QED) is 0.744. The molecule has 0 aliphatic carbocycles. The van der Waals surface area contributed by atoms with Crippen LogP contribution in [0.4, 0.5) is 0 Å². The Kier molecular flexibility index (Phi) is 4.83. The van der Waals surface area contributed by atoms with Gasteiger partial charge in [-0.15, -0.1) is 0 Å². The maximum Gasteiger partial charge on any atom is 0.258 e. The van der Waals surface area contributed by atoms with E-state index in [0.29, 0.717) is 30.1 Å². The summed E-state index contributed by atoms with van der Waals surface area (Å²) in [5, 5.41) is 11.7. The standard InChI is InChI=1S/C18H21N5O2/c1-13-16(18(25-3)22(2)20-13)17(24)19-11-9-14-10-12-23(21-14)15-7-5-4-6-8-15/h4-8,10,12H,9,11H2,1-3H3,(H,19,24). The van der Waals surface area contributed by atoms with Gasteiger partial charge < -0.3 is 10.1 Å². The van der Waals surface area contributed by atoms with Crippen molar-refractivity contribution in [1.29, 1.82) is 0 Å². The lowest BCUT2D eigenvalue weighted by atomic mass is 10.2. The number of carbonyl (C=O) groups is 1. The number of carbonyl (C=O) groups excluding carboxylic acids is 1. The Bertz CT molecular complexity index is 867. The van der Waals surface area contributed by atoms with E-state index in [1.54, 1.807) is 18.7 Å². The highest BCUT2D eigenvalue weighted by Gasteiger charge is 2.20. The molecule has 0 saturated heterocycles. The van der Waals surface area contributed by atoms with Gasteiger partial charge in [0.25, 0.3) is 5.91 Å². The van der Waals surface area contributed by atoms with Crippen molar-refractivity contribution in [2.24, 2.45) is 7.05 Å². The molecule has 7 heteroatoms. The van der Waals surface area contributed by atoms with Crippen molar-refractivity contribution < 1.29 is 9.53 Å². The molecule has 130 valence electrons. The first-order chi connectivity index (χ1) is 12.1. The van der Waals surface area contributed by atoms with E-state index in [2.05, 4.69) is 15.5 Å². The number of benzene rings is 1. The van der Waals surface area contributed by atoms with E-state index in [-0.39, 0.29) is 5.91 Å². The maximum absolute atomic E-state index is 12.4. The van der Waals surface area contributed by atoms with Crippen LogP contribution in [-0.2, 0) is 13.5 Å². The molecule has 1 amide bonds. The first-order valence-electron chi connectivity index (χ1n) is 8.06. The third-order valence-electron chi connectivity index (χ3n) is 3.92. The fourth-order valence-corrected chi connectivity index (χ4v) is 2.74. The summed E-state index contributed by atoms with van der Waals surface area (Å²) in [5.41, 5.74) is 3.04. The van der Waals surface area contributed by atoms with Crippen LogP contribution in [0.15, 0.2) is 42.6 Å². The van der Waals surface area contributed by atoms with Crippen molar-refractivity contribution >= 4 is 5.91 Å². The van der Waals surface area contributed by atoms with E-state index in [9.17, 15) is 4.79 Å². The van der Waals surface area contributed by atoms with Crippen LogP contribution < -0.4 is 10.1 Å². The molecular formula is C18H21N5O2. The van der Waals surface area contributed by atoms with Crippen molar-refractivity contribution in [3.63, 3.8) is 0 Å². The van der Waals surface area contributed by atoms with Crippen LogP contribution >= 0.6 is 0 Å². The van der Waals surface area contributed by atoms with Gasteiger partial charge in [-0.3, -0.25) is 4.79 Å². The summed E-state index contributed by atoms with van der Waals surface area (Å²) in [4.78, 5) is 12.4. The van der Waals surface area contributed by atoms with E-state index in [1.165, 1.54) is 7.11 Å². The second-order valence-electron chi connectivity index (χ2n) is 5.69. The second-order valence-corrected chi connectivity index (χ2v) is 5.69. The van der Waals surface area contributed by atoms with E-state index < -0.39 is 0 Å². The number of hydrogen-bond donors (Lipinski definition) is 1. The van der Waals surface area contributed by atoms with Crippen molar-refractivity contribution in [2.75, 3.05) is 13.7 Å². The lowest BCUT2D eigenvalue weighted by Gasteiger charge is -2.06. The lowest BCUT2D eigenvalue weighted by Crippen LogP contribution is -2.26. The number of nitrogens with zero attached hydrogens (tertiary/aromatic N) is 4. The minimum absolute atomic E-state index is 0.190. The Morgan fingerprint density at radius 3 is 2.68 bits per heavy atom. The Balaban J connectivity index is 1.60. The van der Waals surface area contributed by atoms with Crippen LogP contribution in [0, 0.1) is 6.92 Å². The highest BCUT2D eigenvalue weighted by Crippen LogP contribution is 2.20. The third kappa shape index (κ3) is 3.55. The van der Waals surface area contributed by atoms with Gasteiger partial charge in [0, 0.05) is 26.2 Å². The molecule has 0 bridgehead atoms. The van der Waals surface area contributed by atoms with Crippen molar-refractivity contribution in [3.8, 4) is 11.6 Å². The molecule has 0 aliphatic heterocycles. The van der Waals surface area contributed by atoms with Gasteiger partial charge in [-0.2, -0.15) is 10.2 Å². The zero-order valence-electron chi connectivity index (χ0n) is 14.6. The normalized spacial score (nSPS) is 10.7. The summed E-state index contributed by atoms with van der Waals surface area (Å²) >= 11 is 0. The number of para-hydroxylation sites is 1. The molecule has 1 N–H and O–H groups in total. The average molecular weight is 339 g/mol. The molecule has 2 aromatic heterocycles. The zero-order valence-corrected chi connectivity index (χ0v) is 14.6. The van der Waals surface area contributed by atoms with Crippen LogP contribution in [0.3, 0.4) is 0 Å². The van der Waals surface area contributed by atoms with Gasteiger partial charge in [-0.25, -0.2) is 9.36 Å². The molecule has 2 heterocycles. The van der Waals surface area contributed by atoms with Crippen molar-refractivity contribution in [1.82, 2.24) is 24.9 Å². The van der Waals surface area contributed by atoms with Gasteiger partial charge in [0.05, 0.1) is 24.2 Å². The van der Waals surface area contributed by atoms with Gasteiger partial charge >= 0.3 is 0 Å². The molecule has 0 aliphatic rings. The van der Waals surface area contributed by atoms with Gasteiger partial charge in [-0.1, -0.05) is 18.2 Å². The third-order valence-corrected chi connectivity index (χ3v) is 3.92. The summed E-state index contributed by atoms with van der Waals surface area (Å²) in [6.45, 7) is 2.28. The summed E-state index contributed by atoms with van der Waals surface area (Å²) in [6.07, 6.45) is 2.56. The van der Waals surface area contributed by atoms with Crippen LogP contribution in [-0.4, -0.2) is 39.1 Å². The predicted molar refractivity (Wildman–Crippen MR) is 94.1 cm³/mol. The molecule has 7 nitrogen and oxygen atoms in total. The van der Waals surface area contributed by atoms with Gasteiger partial charge in [-0.05, 0) is 25.1 Å². The molecule has 0 radical (unpaired) electrons. The van der Waals surface area contributed by atoms with Gasteiger partial charge in [0.1, 0.15) is 5.56 Å². The van der Waals surface area contributed by atoms with Crippen molar-refractivity contribution in [2.45, 2.75) is 13.3 Å². The Hall–Kier alpha value is -3.09. The monoisotopic (exact) mass is 339 g/mol. The number of ether oxygens (including phenoxy) is 1. The van der Waals surface area contributed by atoms with E-state index >= 15 is 0 Å². The van der Waals surface area contributed by atoms with Gasteiger partial charge in [0.2, 0.25) is 5.88 Å². The fraction of sp³-hybridized carbons (Fsp3) is 0.278.